The van der Waals surface area contributed by atoms with E-state index in [0.29, 0.717) is 32.2 Å². The number of sulfonamides is 1. The quantitative estimate of drug-likeness (QED) is 0.764. The highest BCUT2D eigenvalue weighted by Gasteiger charge is 2.48. The Kier molecular flexibility index (Phi) is 4.31. The fourth-order valence-corrected chi connectivity index (χ4v) is 4.28. The van der Waals surface area contributed by atoms with Gasteiger partial charge < -0.3 is 9.47 Å². The van der Waals surface area contributed by atoms with Gasteiger partial charge in [-0.2, -0.15) is 4.31 Å². The van der Waals surface area contributed by atoms with E-state index in [4.69, 9.17) is 9.47 Å². The summed E-state index contributed by atoms with van der Waals surface area (Å²) in [5.74, 6) is 0.482. The standard InChI is InChI=1S/C12H23NO4S/c1-3-18(14,15)13-7-8-17-12(10-13)6-4-5-11(12)9-16-2/h11H,3-10H2,1-2H3/t11-,12+/m0/s1. The van der Waals surface area contributed by atoms with Gasteiger partial charge in [-0.15, -0.1) is 0 Å². The second-order valence-electron chi connectivity index (χ2n) is 5.19. The molecule has 1 aliphatic heterocycles. The van der Waals surface area contributed by atoms with Crippen LogP contribution in [0.2, 0.25) is 0 Å². The van der Waals surface area contributed by atoms with E-state index in [0.717, 1.165) is 19.3 Å². The maximum atomic E-state index is 12.0. The molecule has 1 saturated carbocycles. The summed E-state index contributed by atoms with van der Waals surface area (Å²) in [5.41, 5.74) is -0.309. The minimum absolute atomic E-state index is 0.165. The van der Waals surface area contributed by atoms with Crippen LogP contribution in [0.5, 0.6) is 0 Å². The Labute approximate surface area is 109 Å². The van der Waals surface area contributed by atoms with Crippen molar-refractivity contribution < 1.29 is 17.9 Å². The molecule has 106 valence electrons. The molecule has 0 bridgehead atoms. The minimum Gasteiger partial charge on any atom is -0.384 e. The zero-order chi connectivity index (χ0) is 13.2. The summed E-state index contributed by atoms with van der Waals surface area (Å²) in [6.07, 6.45) is 3.10. The van der Waals surface area contributed by atoms with Gasteiger partial charge in [0.15, 0.2) is 0 Å². The van der Waals surface area contributed by atoms with Gasteiger partial charge >= 0.3 is 0 Å². The fourth-order valence-electron chi connectivity index (χ4n) is 3.14. The summed E-state index contributed by atoms with van der Waals surface area (Å²) in [7, 11) is -1.42. The number of nitrogens with zero attached hydrogens (tertiary/aromatic N) is 1. The van der Waals surface area contributed by atoms with Gasteiger partial charge in [0, 0.05) is 26.1 Å². The van der Waals surface area contributed by atoms with Gasteiger partial charge in [0.2, 0.25) is 10.0 Å². The summed E-state index contributed by atoms with van der Waals surface area (Å²) in [5, 5.41) is 0. The molecule has 0 amide bonds. The number of morpholine rings is 1. The average Bonchev–Trinajstić information content (AvgIpc) is 2.73. The number of rotatable bonds is 4. The van der Waals surface area contributed by atoms with E-state index in [-0.39, 0.29) is 11.4 Å². The third-order valence-corrected chi connectivity index (χ3v) is 6.02. The van der Waals surface area contributed by atoms with Crippen LogP contribution in [-0.4, -0.2) is 57.5 Å². The van der Waals surface area contributed by atoms with Crippen LogP contribution in [0, 0.1) is 5.92 Å². The molecule has 18 heavy (non-hydrogen) atoms. The maximum Gasteiger partial charge on any atom is 0.214 e. The van der Waals surface area contributed by atoms with Crippen LogP contribution in [0.15, 0.2) is 0 Å². The molecule has 1 heterocycles. The zero-order valence-electron chi connectivity index (χ0n) is 11.2. The van der Waals surface area contributed by atoms with Crippen molar-refractivity contribution in [1.29, 1.82) is 0 Å². The second kappa shape index (κ2) is 5.45. The molecule has 0 N–H and O–H groups in total. The van der Waals surface area contributed by atoms with E-state index in [9.17, 15) is 8.42 Å². The van der Waals surface area contributed by atoms with Crippen LogP contribution in [0.25, 0.3) is 0 Å². The first-order valence-corrected chi connectivity index (χ1v) is 8.26. The van der Waals surface area contributed by atoms with Gasteiger partial charge in [-0.1, -0.05) is 6.42 Å². The molecule has 1 saturated heterocycles. The van der Waals surface area contributed by atoms with Crippen molar-refractivity contribution in [3.05, 3.63) is 0 Å². The molecule has 2 atom stereocenters. The van der Waals surface area contributed by atoms with Crippen LogP contribution in [-0.2, 0) is 19.5 Å². The van der Waals surface area contributed by atoms with Gasteiger partial charge in [-0.05, 0) is 19.8 Å². The lowest BCUT2D eigenvalue weighted by Gasteiger charge is -2.43. The molecule has 0 unspecified atom stereocenters. The van der Waals surface area contributed by atoms with Crippen molar-refractivity contribution in [2.45, 2.75) is 31.8 Å². The molecule has 5 nitrogen and oxygen atoms in total. The predicted molar refractivity (Wildman–Crippen MR) is 68.9 cm³/mol. The van der Waals surface area contributed by atoms with Gasteiger partial charge in [0.1, 0.15) is 0 Å². The Morgan fingerprint density at radius 1 is 1.50 bits per heavy atom. The summed E-state index contributed by atoms with van der Waals surface area (Å²) in [6, 6.07) is 0. The molecule has 0 aromatic rings. The summed E-state index contributed by atoms with van der Waals surface area (Å²) >= 11 is 0. The Morgan fingerprint density at radius 2 is 2.28 bits per heavy atom. The number of hydrogen-bond donors (Lipinski definition) is 0. The lowest BCUT2D eigenvalue weighted by atomic mass is 9.90. The number of ether oxygens (including phenoxy) is 2. The Morgan fingerprint density at radius 3 is 2.94 bits per heavy atom. The van der Waals surface area contributed by atoms with E-state index in [2.05, 4.69) is 0 Å². The normalized spacial score (nSPS) is 34.2. The Bertz CT molecular complexity index is 384. The van der Waals surface area contributed by atoms with Crippen molar-refractivity contribution in [3.8, 4) is 0 Å². The van der Waals surface area contributed by atoms with Gasteiger partial charge in [0.25, 0.3) is 0 Å². The van der Waals surface area contributed by atoms with Crippen molar-refractivity contribution in [2.24, 2.45) is 5.92 Å². The molecule has 0 aromatic carbocycles. The highest BCUT2D eigenvalue weighted by Crippen LogP contribution is 2.41. The van der Waals surface area contributed by atoms with Crippen molar-refractivity contribution in [1.82, 2.24) is 4.31 Å². The first-order valence-electron chi connectivity index (χ1n) is 6.65. The summed E-state index contributed by atoms with van der Waals surface area (Å²) in [6.45, 7) is 3.83. The van der Waals surface area contributed by atoms with Crippen LogP contribution in [0.3, 0.4) is 0 Å². The predicted octanol–water partition coefficient (Wildman–Crippen LogP) is 0.854. The molecule has 0 radical (unpaired) electrons. The van der Waals surface area contributed by atoms with Crippen molar-refractivity contribution in [3.63, 3.8) is 0 Å². The smallest absolute Gasteiger partial charge is 0.214 e. The lowest BCUT2D eigenvalue weighted by Crippen LogP contribution is -2.56. The Hall–Kier alpha value is -0.170. The average molecular weight is 277 g/mol. The highest BCUT2D eigenvalue weighted by molar-refractivity contribution is 7.89. The molecule has 6 heteroatoms. The monoisotopic (exact) mass is 277 g/mol. The molecule has 1 spiro atoms. The molecule has 2 fully saturated rings. The van der Waals surface area contributed by atoms with E-state index < -0.39 is 10.0 Å². The van der Waals surface area contributed by atoms with Gasteiger partial charge in [0.05, 0.1) is 24.6 Å². The number of hydrogen-bond acceptors (Lipinski definition) is 4. The molecular formula is C12H23NO4S. The van der Waals surface area contributed by atoms with E-state index in [1.165, 1.54) is 0 Å². The molecular weight excluding hydrogens is 254 g/mol. The largest absolute Gasteiger partial charge is 0.384 e. The van der Waals surface area contributed by atoms with Gasteiger partial charge in [-0.3, -0.25) is 0 Å². The van der Waals surface area contributed by atoms with Crippen LogP contribution < -0.4 is 0 Å². The van der Waals surface area contributed by atoms with Crippen molar-refractivity contribution in [2.75, 3.05) is 39.2 Å². The second-order valence-corrected chi connectivity index (χ2v) is 7.45. The molecule has 1 aliphatic carbocycles. The Balaban J connectivity index is 2.14. The third-order valence-electron chi connectivity index (χ3n) is 4.20. The first kappa shape index (κ1) is 14.2. The van der Waals surface area contributed by atoms with Crippen LogP contribution in [0.4, 0.5) is 0 Å². The first-order chi connectivity index (χ1) is 8.54. The summed E-state index contributed by atoms with van der Waals surface area (Å²) in [4.78, 5) is 0. The molecule has 0 aromatic heterocycles. The van der Waals surface area contributed by atoms with E-state index in [1.807, 2.05) is 0 Å². The molecule has 2 aliphatic rings. The zero-order valence-corrected chi connectivity index (χ0v) is 12.0. The highest BCUT2D eigenvalue weighted by atomic mass is 32.2. The van der Waals surface area contributed by atoms with Crippen LogP contribution in [0.1, 0.15) is 26.2 Å². The fraction of sp³-hybridized carbons (Fsp3) is 1.00. The van der Waals surface area contributed by atoms with E-state index in [1.54, 1.807) is 18.3 Å². The van der Waals surface area contributed by atoms with Crippen LogP contribution >= 0.6 is 0 Å². The van der Waals surface area contributed by atoms with E-state index >= 15 is 0 Å². The van der Waals surface area contributed by atoms with Gasteiger partial charge in [-0.25, -0.2) is 8.42 Å². The topological polar surface area (TPSA) is 55.8 Å². The van der Waals surface area contributed by atoms with Crippen molar-refractivity contribution >= 4 is 10.0 Å². The maximum absolute atomic E-state index is 12.0. The third kappa shape index (κ3) is 2.57. The minimum atomic E-state index is -3.11. The SMILES string of the molecule is CCS(=O)(=O)N1CCO[C@]2(CCC[C@H]2COC)C1. The summed E-state index contributed by atoms with van der Waals surface area (Å²) < 4.78 is 36.8. The number of methoxy groups -OCH3 is 1. The molecule has 2 rings (SSSR count). The lowest BCUT2D eigenvalue weighted by molar-refractivity contribution is -0.123.